The molecule has 0 spiro atoms. The molecule has 0 bridgehead atoms. The molecule has 18 heavy (non-hydrogen) atoms. The van der Waals surface area contributed by atoms with Crippen LogP contribution in [0.1, 0.15) is 18.4 Å². The second-order valence-corrected chi connectivity index (χ2v) is 4.19. The van der Waals surface area contributed by atoms with Crippen molar-refractivity contribution < 1.29 is 19.0 Å². The number of ether oxygens (including phenoxy) is 1. The Morgan fingerprint density at radius 1 is 1.50 bits per heavy atom. The Balaban J connectivity index is 2.55. The Morgan fingerprint density at radius 2 is 2.22 bits per heavy atom. The molecule has 0 saturated carbocycles. The second kappa shape index (κ2) is 6.96. The van der Waals surface area contributed by atoms with Gasteiger partial charge in [-0.05, 0) is 38.2 Å². The van der Waals surface area contributed by atoms with Crippen molar-refractivity contribution in [3.63, 3.8) is 0 Å². The lowest BCUT2D eigenvalue weighted by Crippen LogP contribution is -2.20. The summed E-state index contributed by atoms with van der Waals surface area (Å²) in [7, 11) is 3.41. The minimum atomic E-state index is -0.799. The number of halogens is 1. The normalized spacial score (nSPS) is 10.7. The molecule has 0 aliphatic heterocycles. The van der Waals surface area contributed by atoms with Crippen molar-refractivity contribution in [2.75, 3.05) is 20.7 Å². The first kappa shape index (κ1) is 14.4. The molecule has 5 heteroatoms. The molecule has 0 saturated heterocycles. The van der Waals surface area contributed by atoms with E-state index in [1.165, 1.54) is 12.1 Å². The molecule has 0 aliphatic carbocycles. The Bertz CT molecular complexity index is 409. The largest absolute Gasteiger partial charge is 0.496 e. The fourth-order valence-electron chi connectivity index (χ4n) is 1.74. The standard InChI is InChI=1S/C13H18FNO3/c1-15(7-3-4-13(16)17)9-10-8-11(14)5-6-12(10)18-2/h5-6,8H,3-4,7,9H2,1-2H3,(H,16,17). The van der Waals surface area contributed by atoms with Crippen molar-refractivity contribution in [3.8, 4) is 5.75 Å². The van der Waals surface area contributed by atoms with Crippen LogP contribution in [0.2, 0.25) is 0 Å². The summed E-state index contributed by atoms with van der Waals surface area (Å²) in [4.78, 5) is 12.3. The predicted octanol–water partition coefficient (Wildman–Crippen LogP) is 2.13. The monoisotopic (exact) mass is 255 g/mol. The molecule has 1 aromatic rings. The Labute approximate surface area is 106 Å². The topological polar surface area (TPSA) is 49.8 Å². The highest BCUT2D eigenvalue weighted by Crippen LogP contribution is 2.20. The van der Waals surface area contributed by atoms with E-state index in [-0.39, 0.29) is 12.2 Å². The number of carboxylic acids is 1. The van der Waals surface area contributed by atoms with Crippen molar-refractivity contribution in [3.05, 3.63) is 29.6 Å². The maximum atomic E-state index is 13.1. The molecule has 0 aromatic heterocycles. The van der Waals surface area contributed by atoms with Gasteiger partial charge >= 0.3 is 5.97 Å². The Hall–Kier alpha value is -1.62. The van der Waals surface area contributed by atoms with E-state index in [9.17, 15) is 9.18 Å². The van der Waals surface area contributed by atoms with Crippen LogP contribution in [0.5, 0.6) is 5.75 Å². The predicted molar refractivity (Wildman–Crippen MR) is 66.2 cm³/mol. The van der Waals surface area contributed by atoms with Crippen LogP contribution in [0.25, 0.3) is 0 Å². The quantitative estimate of drug-likeness (QED) is 0.811. The van der Waals surface area contributed by atoms with Crippen molar-refractivity contribution in [1.29, 1.82) is 0 Å². The summed E-state index contributed by atoms with van der Waals surface area (Å²) < 4.78 is 18.3. The van der Waals surface area contributed by atoms with E-state index in [2.05, 4.69) is 0 Å². The molecule has 1 aromatic carbocycles. The molecule has 4 nitrogen and oxygen atoms in total. The van der Waals surface area contributed by atoms with E-state index in [1.54, 1.807) is 13.2 Å². The molecule has 1 N–H and O–H groups in total. The molecule has 1 rings (SSSR count). The van der Waals surface area contributed by atoms with Crippen LogP contribution in [-0.4, -0.2) is 36.7 Å². The average molecular weight is 255 g/mol. The third-order valence-corrected chi connectivity index (χ3v) is 2.61. The van der Waals surface area contributed by atoms with Crippen LogP contribution in [0.4, 0.5) is 4.39 Å². The third-order valence-electron chi connectivity index (χ3n) is 2.61. The van der Waals surface area contributed by atoms with E-state index in [0.29, 0.717) is 25.3 Å². The first-order valence-electron chi connectivity index (χ1n) is 5.75. The highest BCUT2D eigenvalue weighted by atomic mass is 19.1. The van der Waals surface area contributed by atoms with Gasteiger partial charge in [-0.3, -0.25) is 4.79 Å². The highest BCUT2D eigenvalue weighted by Gasteiger charge is 2.08. The number of hydrogen-bond donors (Lipinski definition) is 1. The summed E-state index contributed by atoms with van der Waals surface area (Å²) in [5, 5.41) is 8.55. The summed E-state index contributed by atoms with van der Waals surface area (Å²) in [6.07, 6.45) is 0.716. The second-order valence-electron chi connectivity index (χ2n) is 4.19. The minimum absolute atomic E-state index is 0.143. The van der Waals surface area contributed by atoms with E-state index in [1.807, 2.05) is 11.9 Å². The minimum Gasteiger partial charge on any atom is -0.496 e. The Morgan fingerprint density at radius 3 is 2.83 bits per heavy atom. The van der Waals surface area contributed by atoms with Gasteiger partial charge in [-0.25, -0.2) is 4.39 Å². The number of aliphatic carboxylic acids is 1. The number of methoxy groups -OCH3 is 1. The maximum absolute atomic E-state index is 13.1. The zero-order chi connectivity index (χ0) is 13.5. The number of hydrogen-bond acceptors (Lipinski definition) is 3. The lowest BCUT2D eigenvalue weighted by molar-refractivity contribution is -0.137. The van der Waals surface area contributed by atoms with Crippen molar-refractivity contribution in [1.82, 2.24) is 4.90 Å². The number of benzene rings is 1. The molecular weight excluding hydrogens is 237 g/mol. The van der Waals surface area contributed by atoms with Gasteiger partial charge in [-0.15, -0.1) is 0 Å². The molecule has 0 heterocycles. The molecule has 100 valence electrons. The Kier molecular flexibility index (Phi) is 5.58. The highest BCUT2D eigenvalue weighted by molar-refractivity contribution is 5.66. The van der Waals surface area contributed by atoms with Gasteiger partial charge in [0.05, 0.1) is 7.11 Å². The summed E-state index contributed by atoms with van der Waals surface area (Å²) in [5.74, 6) is -0.460. The fraction of sp³-hybridized carbons (Fsp3) is 0.462. The van der Waals surface area contributed by atoms with Crippen molar-refractivity contribution in [2.24, 2.45) is 0 Å². The lowest BCUT2D eigenvalue weighted by Gasteiger charge is -2.18. The van der Waals surface area contributed by atoms with E-state index < -0.39 is 5.97 Å². The number of carbonyl (C=O) groups is 1. The molecular formula is C13H18FNO3. The van der Waals surface area contributed by atoms with E-state index >= 15 is 0 Å². The van der Waals surface area contributed by atoms with E-state index in [0.717, 1.165) is 5.56 Å². The zero-order valence-electron chi connectivity index (χ0n) is 10.6. The van der Waals surface area contributed by atoms with Gasteiger partial charge < -0.3 is 14.7 Å². The first-order valence-corrected chi connectivity index (χ1v) is 5.75. The van der Waals surface area contributed by atoms with Crippen LogP contribution in [0.15, 0.2) is 18.2 Å². The van der Waals surface area contributed by atoms with Crippen LogP contribution in [0.3, 0.4) is 0 Å². The fourth-order valence-corrected chi connectivity index (χ4v) is 1.74. The summed E-state index contributed by atoms with van der Waals surface area (Å²) in [6.45, 7) is 1.17. The number of carboxylic acid groups (broad SMARTS) is 1. The summed E-state index contributed by atoms with van der Waals surface area (Å²) >= 11 is 0. The SMILES string of the molecule is COc1ccc(F)cc1CN(C)CCCC(=O)O. The molecule has 0 aliphatic rings. The lowest BCUT2D eigenvalue weighted by atomic mass is 10.1. The van der Waals surface area contributed by atoms with Gasteiger partial charge in [0.25, 0.3) is 0 Å². The van der Waals surface area contributed by atoms with Gasteiger partial charge in [0.15, 0.2) is 0 Å². The van der Waals surface area contributed by atoms with Gasteiger partial charge in [0.2, 0.25) is 0 Å². The first-order chi connectivity index (χ1) is 8.52. The molecule has 0 atom stereocenters. The number of nitrogens with zero attached hydrogens (tertiary/aromatic N) is 1. The van der Waals surface area contributed by atoms with Crippen molar-refractivity contribution in [2.45, 2.75) is 19.4 Å². The third kappa shape index (κ3) is 4.71. The maximum Gasteiger partial charge on any atom is 0.303 e. The van der Waals surface area contributed by atoms with Gasteiger partial charge in [0, 0.05) is 18.5 Å². The van der Waals surface area contributed by atoms with Crippen LogP contribution < -0.4 is 4.74 Å². The average Bonchev–Trinajstić information content (AvgIpc) is 2.28. The van der Waals surface area contributed by atoms with Crippen LogP contribution in [0, 0.1) is 5.82 Å². The molecule has 0 amide bonds. The number of rotatable bonds is 7. The summed E-state index contributed by atoms with van der Waals surface area (Å²) in [6, 6.07) is 4.38. The smallest absolute Gasteiger partial charge is 0.303 e. The van der Waals surface area contributed by atoms with Crippen LogP contribution >= 0.6 is 0 Å². The van der Waals surface area contributed by atoms with Gasteiger partial charge in [0.1, 0.15) is 11.6 Å². The molecule has 0 radical (unpaired) electrons. The van der Waals surface area contributed by atoms with E-state index in [4.69, 9.17) is 9.84 Å². The molecule has 0 fully saturated rings. The van der Waals surface area contributed by atoms with Gasteiger partial charge in [-0.2, -0.15) is 0 Å². The van der Waals surface area contributed by atoms with Gasteiger partial charge in [-0.1, -0.05) is 0 Å². The van der Waals surface area contributed by atoms with Crippen molar-refractivity contribution >= 4 is 5.97 Å². The van der Waals surface area contributed by atoms with Crippen LogP contribution in [-0.2, 0) is 11.3 Å². The zero-order valence-corrected chi connectivity index (χ0v) is 10.6. The summed E-state index contributed by atoms with van der Waals surface area (Å²) in [5.41, 5.74) is 0.760. The molecule has 0 unspecified atom stereocenters.